The molecule has 0 aliphatic carbocycles. The van der Waals surface area contributed by atoms with Crippen LogP contribution in [0.3, 0.4) is 0 Å². The van der Waals surface area contributed by atoms with Crippen molar-refractivity contribution in [1.82, 2.24) is 0 Å². The molecule has 2 aromatic carbocycles. The van der Waals surface area contributed by atoms with Gasteiger partial charge in [0.15, 0.2) is 0 Å². The van der Waals surface area contributed by atoms with E-state index in [1.807, 2.05) is 55.5 Å². The minimum Gasteiger partial charge on any atom is -0.326 e. The average Bonchev–Trinajstić information content (AvgIpc) is 2.38. The summed E-state index contributed by atoms with van der Waals surface area (Å²) in [6.07, 6.45) is 0.383. The number of nitrogens with one attached hydrogen (secondary N) is 1. The summed E-state index contributed by atoms with van der Waals surface area (Å²) in [6, 6.07) is 15.6. The number of benzene rings is 2. The summed E-state index contributed by atoms with van der Waals surface area (Å²) in [5, 5.41) is 2.89. The van der Waals surface area contributed by atoms with Crippen molar-refractivity contribution < 1.29 is 4.79 Å². The van der Waals surface area contributed by atoms with Crippen LogP contribution in [0.1, 0.15) is 16.7 Å². The highest BCUT2D eigenvalue weighted by Gasteiger charge is 2.04. The molecular formula is C16H18N2O. The topological polar surface area (TPSA) is 55.1 Å². The Morgan fingerprint density at radius 2 is 1.84 bits per heavy atom. The van der Waals surface area contributed by atoms with Gasteiger partial charge in [0.1, 0.15) is 0 Å². The van der Waals surface area contributed by atoms with Crippen LogP contribution in [-0.4, -0.2) is 5.91 Å². The third-order valence-corrected chi connectivity index (χ3v) is 2.89. The van der Waals surface area contributed by atoms with Gasteiger partial charge in [0.25, 0.3) is 0 Å². The maximum Gasteiger partial charge on any atom is 0.228 e. The summed E-state index contributed by atoms with van der Waals surface area (Å²) in [5.74, 6) is -0.0141. The van der Waals surface area contributed by atoms with Crippen LogP contribution >= 0.6 is 0 Å². The first-order valence-electron chi connectivity index (χ1n) is 6.32. The summed E-state index contributed by atoms with van der Waals surface area (Å²) in [4.78, 5) is 12.0. The van der Waals surface area contributed by atoms with Crippen molar-refractivity contribution in [3.63, 3.8) is 0 Å². The van der Waals surface area contributed by atoms with Gasteiger partial charge in [-0.05, 0) is 30.2 Å². The highest BCUT2D eigenvalue weighted by atomic mass is 16.1. The lowest BCUT2D eigenvalue weighted by Gasteiger charge is -2.07. The monoisotopic (exact) mass is 254 g/mol. The second-order valence-corrected chi connectivity index (χ2v) is 4.62. The number of rotatable bonds is 4. The maximum absolute atomic E-state index is 12.0. The number of carbonyl (C=O) groups excluding carboxylic acids is 1. The summed E-state index contributed by atoms with van der Waals surface area (Å²) in [7, 11) is 0. The minimum atomic E-state index is -0.0141. The van der Waals surface area contributed by atoms with E-state index in [1.54, 1.807) is 0 Å². The number of amides is 1. The Morgan fingerprint density at radius 3 is 2.58 bits per heavy atom. The van der Waals surface area contributed by atoms with E-state index in [0.29, 0.717) is 13.0 Å². The zero-order chi connectivity index (χ0) is 13.7. The van der Waals surface area contributed by atoms with Crippen LogP contribution in [0.4, 0.5) is 5.69 Å². The Bertz CT molecular complexity index is 578. The van der Waals surface area contributed by atoms with Gasteiger partial charge >= 0.3 is 0 Å². The van der Waals surface area contributed by atoms with E-state index in [1.165, 1.54) is 0 Å². The molecule has 0 radical (unpaired) electrons. The molecule has 19 heavy (non-hydrogen) atoms. The molecule has 0 unspecified atom stereocenters. The molecule has 0 fully saturated rings. The predicted octanol–water partition coefficient (Wildman–Crippen LogP) is 2.63. The van der Waals surface area contributed by atoms with Crippen molar-refractivity contribution in [1.29, 1.82) is 0 Å². The molecule has 0 aromatic heterocycles. The van der Waals surface area contributed by atoms with E-state index in [4.69, 9.17) is 5.73 Å². The molecule has 98 valence electrons. The molecule has 0 saturated heterocycles. The summed E-state index contributed by atoms with van der Waals surface area (Å²) in [5.41, 5.74) is 9.56. The van der Waals surface area contributed by atoms with E-state index in [0.717, 1.165) is 22.4 Å². The first-order chi connectivity index (χ1) is 9.17. The van der Waals surface area contributed by atoms with Crippen LogP contribution in [0.25, 0.3) is 0 Å². The summed E-state index contributed by atoms with van der Waals surface area (Å²) >= 11 is 0. The lowest BCUT2D eigenvalue weighted by molar-refractivity contribution is -0.115. The second-order valence-electron chi connectivity index (χ2n) is 4.62. The van der Waals surface area contributed by atoms with E-state index >= 15 is 0 Å². The lowest BCUT2D eigenvalue weighted by atomic mass is 10.1. The van der Waals surface area contributed by atoms with Gasteiger partial charge in [-0.2, -0.15) is 0 Å². The van der Waals surface area contributed by atoms with Crippen LogP contribution in [0, 0.1) is 6.92 Å². The molecule has 0 aliphatic heterocycles. The Hall–Kier alpha value is -2.13. The molecule has 2 aromatic rings. The molecular weight excluding hydrogens is 236 g/mol. The SMILES string of the molecule is Cc1cccc(CC(=O)Nc2cccc(CN)c2)c1. The van der Waals surface area contributed by atoms with Crippen molar-refractivity contribution in [2.75, 3.05) is 5.32 Å². The minimum absolute atomic E-state index is 0.0141. The largest absolute Gasteiger partial charge is 0.326 e. The Balaban J connectivity index is 2.01. The van der Waals surface area contributed by atoms with Crippen LogP contribution in [0.15, 0.2) is 48.5 Å². The fourth-order valence-electron chi connectivity index (χ4n) is 1.99. The smallest absolute Gasteiger partial charge is 0.228 e. The lowest BCUT2D eigenvalue weighted by Crippen LogP contribution is -2.14. The van der Waals surface area contributed by atoms with Crippen molar-refractivity contribution in [2.24, 2.45) is 5.73 Å². The van der Waals surface area contributed by atoms with E-state index < -0.39 is 0 Å². The Labute approximate surface area is 113 Å². The van der Waals surface area contributed by atoms with Gasteiger partial charge in [-0.3, -0.25) is 4.79 Å². The number of carbonyl (C=O) groups is 1. The number of hydrogen-bond donors (Lipinski definition) is 2. The highest BCUT2D eigenvalue weighted by Crippen LogP contribution is 2.11. The van der Waals surface area contributed by atoms with Crippen LogP contribution in [-0.2, 0) is 17.8 Å². The highest BCUT2D eigenvalue weighted by molar-refractivity contribution is 5.92. The van der Waals surface area contributed by atoms with Crippen LogP contribution in [0.2, 0.25) is 0 Å². The van der Waals surface area contributed by atoms with E-state index in [9.17, 15) is 4.79 Å². The van der Waals surface area contributed by atoms with Crippen molar-refractivity contribution in [2.45, 2.75) is 19.9 Å². The van der Waals surface area contributed by atoms with Crippen molar-refractivity contribution in [3.8, 4) is 0 Å². The standard InChI is InChI=1S/C16H18N2O/c1-12-4-2-5-13(8-12)10-16(19)18-15-7-3-6-14(9-15)11-17/h2-9H,10-11,17H2,1H3,(H,18,19). The molecule has 0 spiro atoms. The fraction of sp³-hybridized carbons (Fsp3) is 0.188. The number of aryl methyl sites for hydroxylation is 1. The molecule has 0 saturated carbocycles. The maximum atomic E-state index is 12.0. The molecule has 0 bridgehead atoms. The summed E-state index contributed by atoms with van der Waals surface area (Å²) in [6.45, 7) is 2.49. The number of hydrogen-bond acceptors (Lipinski definition) is 2. The predicted molar refractivity (Wildman–Crippen MR) is 77.8 cm³/mol. The normalized spacial score (nSPS) is 10.2. The third kappa shape index (κ3) is 3.93. The van der Waals surface area contributed by atoms with Gasteiger partial charge in [0.05, 0.1) is 6.42 Å². The third-order valence-electron chi connectivity index (χ3n) is 2.89. The van der Waals surface area contributed by atoms with Gasteiger partial charge in [-0.25, -0.2) is 0 Å². The quantitative estimate of drug-likeness (QED) is 0.881. The molecule has 3 nitrogen and oxygen atoms in total. The Kier molecular flexibility index (Phi) is 4.31. The van der Waals surface area contributed by atoms with E-state index in [2.05, 4.69) is 5.32 Å². The van der Waals surface area contributed by atoms with Crippen molar-refractivity contribution in [3.05, 3.63) is 65.2 Å². The molecule has 0 aliphatic rings. The second kappa shape index (κ2) is 6.16. The molecule has 0 heterocycles. The average molecular weight is 254 g/mol. The summed E-state index contributed by atoms with van der Waals surface area (Å²) < 4.78 is 0. The van der Waals surface area contributed by atoms with Gasteiger partial charge in [0.2, 0.25) is 5.91 Å². The number of anilines is 1. The first-order valence-corrected chi connectivity index (χ1v) is 6.32. The molecule has 1 amide bonds. The van der Waals surface area contributed by atoms with Crippen LogP contribution in [0.5, 0.6) is 0 Å². The molecule has 2 rings (SSSR count). The van der Waals surface area contributed by atoms with Crippen LogP contribution < -0.4 is 11.1 Å². The Morgan fingerprint density at radius 1 is 1.11 bits per heavy atom. The zero-order valence-electron chi connectivity index (χ0n) is 11.0. The first kappa shape index (κ1) is 13.3. The zero-order valence-corrected chi connectivity index (χ0v) is 11.0. The van der Waals surface area contributed by atoms with Gasteiger partial charge < -0.3 is 11.1 Å². The van der Waals surface area contributed by atoms with Gasteiger partial charge in [-0.15, -0.1) is 0 Å². The fourth-order valence-corrected chi connectivity index (χ4v) is 1.99. The molecule has 0 atom stereocenters. The van der Waals surface area contributed by atoms with E-state index in [-0.39, 0.29) is 5.91 Å². The molecule has 3 heteroatoms. The van der Waals surface area contributed by atoms with Gasteiger partial charge in [0, 0.05) is 12.2 Å². The van der Waals surface area contributed by atoms with Crippen molar-refractivity contribution >= 4 is 11.6 Å². The number of nitrogens with two attached hydrogens (primary N) is 1. The molecule has 3 N–H and O–H groups in total. The van der Waals surface area contributed by atoms with Gasteiger partial charge in [-0.1, -0.05) is 42.0 Å².